The maximum atomic E-state index is 11.9. The minimum absolute atomic E-state index is 0.0731. The molecule has 0 saturated carbocycles. The van der Waals surface area contributed by atoms with Gasteiger partial charge in [0.2, 0.25) is 0 Å². The number of phenolic OH excluding ortho intramolecular Hbond substituents is 2. The first kappa shape index (κ1) is 23.3. The number of Topliss-reactive ketones (excluding diaryl/α,β-unsaturated/α-hetero) is 1. The van der Waals surface area contributed by atoms with E-state index in [1.165, 1.54) is 51.0 Å². The second-order valence-electron chi connectivity index (χ2n) is 7.49. The van der Waals surface area contributed by atoms with Crippen molar-refractivity contribution in [1.29, 1.82) is 0 Å². The average molecular weight is 375 g/mol. The third-order valence-corrected chi connectivity index (χ3v) is 4.93. The van der Waals surface area contributed by atoms with Crippen molar-refractivity contribution in [2.45, 2.75) is 96.8 Å². The number of hydrogen-bond acceptors (Lipinski definition) is 3. The van der Waals surface area contributed by atoms with Gasteiger partial charge < -0.3 is 10.2 Å². The summed E-state index contributed by atoms with van der Waals surface area (Å²) in [5.41, 5.74) is 0.998. The maximum Gasteiger partial charge on any atom is 0.157 e. The lowest BCUT2D eigenvalue weighted by atomic mass is 10.0. The van der Waals surface area contributed by atoms with E-state index < -0.39 is 0 Å². The van der Waals surface area contributed by atoms with Crippen LogP contribution in [0.5, 0.6) is 11.5 Å². The van der Waals surface area contributed by atoms with Crippen molar-refractivity contribution in [2.75, 3.05) is 0 Å². The Hall–Kier alpha value is -1.77. The first-order valence-electron chi connectivity index (χ1n) is 10.8. The van der Waals surface area contributed by atoms with Crippen LogP contribution >= 0.6 is 0 Å². The van der Waals surface area contributed by atoms with Crippen molar-refractivity contribution in [3.8, 4) is 11.5 Å². The molecular weight excluding hydrogens is 336 g/mol. The Morgan fingerprint density at radius 1 is 0.815 bits per heavy atom. The molecule has 0 aliphatic rings. The third kappa shape index (κ3) is 12.3. The largest absolute Gasteiger partial charge is 0.504 e. The fraction of sp³-hybridized carbons (Fsp3) is 0.625. The van der Waals surface area contributed by atoms with Crippen LogP contribution in [0.25, 0.3) is 0 Å². The lowest BCUT2D eigenvalue weighted by Gasteiger charge is -2.04. The molecule has 0 heterocycles. The molecular formula is C24H38O3. The molecule has 0 spiro atoms. The Balaban J connectivity index is 1.92. The van der Waals surface area contributed by atoms with Gasteiger partial charge in [0.15, 0.2) is 11.5 Å². The van der Waals surface area contributed by atoms with Gasteiger partial charge >= 0.3 is 0 Å². The number of carbonyl (C=O) groups is 1. The third-order valence-electron chi connectivity index (χ3n) is 4.93. The molecule has 27 heavy (non-hydrogen) atoms. The molecule has 1 aromatic rings. The van der Waals surface area contributed by atoms with E-state index in [4.69, 9.17) is 0 Å². The van der Waals surface area contributed by atoms with Crippen LogP contribution in [0.15, 0.2) is 30.4 Å². The van der Waals surface area contributed by atoms with Gasteiger partial charge in [0.05, 0.1) is 0 Å². The van der Waals surface area contributed by atoms with E-state index in [1.54, 1.807) is 6.07 Å². The second kappa shape index (κ2) is 15.3. The van der Waals surface area contributed by atoms with E-state index in [0.717, 1.165) is 44.1 Å². The van der Waals surface area contributed by atoms with Crippen molar-refractivity contribution >= 4 is 5.78 Å². The highest BCUT2D eigenvalue weighted by molar-refractivity contribution is 5.78. The van der Waals surface area contributed by atoms with E-state index in [1.807, 2.05) is 6.07 Å². The lowest BCUT2D eigenvalue weighted by Crippen LogP contribution is -1.98. The van der Waals surface area contributed by atoms with E-state index >= 15 is 0 Å². The normalized spacial score (nSPS) is 11.3. The summed E-state index contributed by atoms with van der Waals surface area (Å²) in [4.78, 5) is 11.9. The van der Waals surface area contributed by atoms with Crippen LogP contribution in [-0.2, 0) is 11.2 Å². The lowest BCUT2D eigenvalue weighted by molar-refractivity contribution is -0.119. The standard InChI is InChI=1S/C24H38O3/c1-2-3-4-5-6-7-8-9-10-11-12-16-22(25)17-14-13-15-21-18-19-23(26)24(27)20-21/h5-6,18-20,26-27H,2-4,7-17H2,1H3. The van der Waals surface area contributed by atoms with Gasteiger partial charge in [-0.25, -0.2) is 0 Å². The van der Waals surface area contributed by atoms with E-state index in [9.17, 15) is 15.0 Å². The molecule has 0 unspecified atom stereocenters. The molecule has 1 aromatic carbocycles. The summed E-state index contributed by atoms with van der Waals surface area (Å²) in [5.74, 6) is 0.218. The number of allylic oxidation sites excluding steroid dienone is 2. The minimum Gasteiger partial charge on any atom is -0.504 e. The van der Waals surface area contributed by atoms with Crippen LogP contribution < -0.4 is 0 Å². The highest BCUT2D eigenvalue weighted by atomic mass is 16.3. The Labute approximate surface area is 165 Å². The summed E-state index contributed by atoms with van der Waals surface area (Å²) < 4.78 is 0. The topological polar surface area (TPSA) is 57.5 Å². The second-order valence-corrected chi connectivity index (χ2v) is 7.49. The molecule has 0 saturated heterocycles. The smallest absolute Gasteiger partial charge is 0.157 e. The molecule has 3 nitrogen and oxygen atoms in total. The molecule has 0 fully saturated rings. The van der Waals surface area contributed by atoms with Gasteiger partial charge in [-0.2, -0.15) is 0 Å². The van der Waals surface area contributed by atoms with E-state index in [0.29, 0.717) is 12.2 Å². The van der Waals surface area contributed by atoms with Crippen molar-refractivity contribution < 1.29 is 15.0 Å². The van der Waals surface area contributed by atoms with Crippen LogP contribution in [0, 0.1) is 0 Å². The molecule has 0 amide bonds. The molecule has 0 radical (unpaired) electrons. The summed E-state index contributed by atoms with van der Waals surface area (Å²) >= 11 is 0. The Morgan fingerprint density at radius 3 is 2.15 bits per heavy atom. The number of aryl methyl sites for hydroxylation is 1. The van der Waals surface area contributed by atoms with Crippen LogP contribution in [0.4, 0.5) is 0 Å². The molecule has 152 valence electrons. The zero-order valence-electron chi connectivity index (χ0n) is 17.1. The van der Waals surface area contributed by atoms with Crippen molar-refractivity contribution in [1.82, 2.24) is 0 Å². The summed E-state index contributed by atoms with van der Waals surface area (Å²) in [6, 6.07) is 4.93. The van der Waals surface area contributed by atoms with Crippen LogP contribution in [0.3, 0.4) is 0 Å². The first-order valence-corrected chi connectivity index (χ1v) is 10.8. The SMILES string of the molecule is CCCCC=CCCCCCCCC(=O)CCCCc1ccc(O)c(O)c1. The van der Waals surface area contributed by atoms with Crippen LogP contribution in [-0.4, -0.2) is 16.0 Å². The number of hydrogen-bond donors (Lipinski definition) is 2. The number of carbonyl (C=O) groups excluding carboxylic acids is 1. The quantitative estimate of drug-likeness (QED) is 0.189. The monoisotopic (exact) mass is 374 g/mol. The zero-order valence-corrected chi connectivity index (χ0v) is 17.1. The molecule has 1 rings (SSSR count). The highest BCUT2D eigenvalue weighted by Crippen LogP contribution is 2.25. The molecule has 3 heteroatoms. The Morgan fingerprint density at radius 2 is 1.44 bits per heavy atom. The number of phenols is 2. The predicted molar refractivity (Wildman–Crippen MR) is 113 cm³/mol. The number of aromatic hydroxyl groups is 2. The van der Waals surface area contributed by atoms with Gasteiger partial charge in [-0.15, -0.1) is 0 Å². The van der Waals surface area contributed by atoms with Crippen LogP contribution in [0.2, 0.25) is 0 Å². The van der Waals surface area contributed by atoms with Gasteiger partial charge in [-0.3, -0.25) is 4.79 Å². The van der Waals surface area contributed by atoms with Crippen molar-refractivity contribution in [3.63, 3.8) is 0 Å². The molecule has 0 aromatic heterocycles. The molecule has 0 aliphatic heterocycles. The summed E-state index contributed by atoms with van der Waals surface area (Å²) in [7, 11) is 0. The summed E-state index contributed by atoms with van der Waals surface area (Å²) in [6.45, 7) is 2.23. The van der Waals surface area contributed by atoms with Gasteiger partial charge in [-0.1, -0.05) is 57.2 Å². The number of benzene rings is 1. The van der Waals surface area contributed by atoms with Crippen LogP contribution in [0.1, 0.15) is 96.0 Å². The number of unbranched alkanes of at least 4 members (excludes halogenated alkanes) is 8. The van der Waals surface area contributed by atoms with E-state index in [-0.39, 0.29) is 11.5 Å². The summed E-state index contributed by atoms with van der Waals surface area (Å²) in [5, 5.41) is 18.8. The summed E-state index contributed by atoms with van der Waals surface area (Å²) in [6.07, 6.45) is 19.6. The fourth-order valence-corrected chi connectivity index (χ4v) is 3.17. The van der Waals surface area contributed by atoms with E-state index in [2.05, 4.69) is 19.1 Å². The minimum atomic E-state index is -0.0858. The fourth-order valence-electron chi connectivity index (χ4n) is 3.17. The maximum absolute atomic E-state index is 11.9. The number of ketones is 1. The molecule has 0 aliphatic carbocycles. The van der Waals surface area contributed by atoms with Gasteiger partial charge in [0.1, 0.15) is 5.78 Å². The highest BCUT2D eigenvalue weighted by Gasteiger charge is 2.04. The van der Waals surface area contributed by atoms with Gasteiger partial charge in [0, 0.05) is 12.8 Å². The Kier molecular flexibility index (Phi) is 13.2. The van der Waals surface area contributed by atoms with Crippen molar-refractivity contribution in [2.24, 2.45) is 0 Å². The number of rotatable bonds is 16. The molecule has 2 N–H and O–H groups in total. The average Bonchev–Trinajstić information content (AvgIpc) is 2.66. The van der Waals surface area contributed by atoms with Crippen molar-refractivity contribution in [3.05, 3.63) is 35.9 Å². The first-order chi connectivity index (χ1) is 13.1. The van der Waals surface area contributed by atoms with Gasteiger partial charge in [-0.05, 0) is 62.6 Å². The van der Waals surface area contributed by atoms with Gasteiger partial charge in [0.25, 0.3) is 0 Å². The molecule has 0 atom stereocenters. The Bertz CT molecular complexity index is 549. The zero-order chi connectivity index (χ0) is 19.7. The predicted octanol–water partition coefficient (Wildman–Crippen LogP) is 6.86. The molecule has 0 bridgehead atoms.